The summed E-state index contributed by atoms with van der Waals surface area (Å²) in [5.41, 5.74) is 5.99. The molecular weight excluding hydrogens is 302 g/mol. The van der Waals surface area contributed by atoms with Crippen LogP contribution < -0.4 is 0 Å². The Morgan fingerprint density at radius 2 is 1.74 bits per heavy atom. The van der Waals surface area contributed by atoms with Gasteiger partial charge in [0.05, 0.1) is 0 Å². The largest absolute Gasteiger partial charge is 0.298 e. The van der Waals surface area contributed by atoms with Gasteiger partial charge in [-0.25, -0.2) is 0 Å². The van der Waals surface area contributed by atoms with Crippen molar-refractivity contribution in [1.82, 2.24) is 4.90 Å². The van der Waals surface area contributed by atoms with Crippen LogP contribution in [0.1, 0.15) is 35.1 Å². The van der Waals surface area contributed by atoms with E-state index in [0.717, 1.165) is 13.1 Å². The number of hydrogen-bond acceptors (Lipinski definition) is 1. The third-order valence-corrected chi connectivity index (χ3v) is 4.46. The predicted molar refractivity (Wildman–Crippen MR) is 102 cm³/mol. The van der Waals surface area contributed by atoms with Crippen LogP contribution in [-0.2, 0) is 19.4 Å². The molecule has 0 fully saturated rings. The summed E-state index contributed by atoms with van der Waals surface area (Å²) in [4.78, 5) is 2.39. The summed E-state index contributed by atoms with van der Waals surface area (Å²) in [6, 6.07) is 17.4. The third-order valence-electron chi connectivity index (χ3n) is 4.46. The predicted octanol–water partition coefficient (Wildman–Crippen LogP) is 5.13. The van der Waals surface area contributed by atoms with Crippen molar-refractivity contribution >= 4 is 18.5 Å². The van der Waals surface area contributed by atoms with E-state index in [-0.39, 0.29) is 12.4 Å². The Bertz CT molecular complexity index is 634. The lowest BCUT2D eigenvalue weighted by Gasteiger charge is -2.22. The van der Waals surface area contributed by atoms with Crippen molar-refractivity contribution in [3.63, 3.8) is 0 Å². The molecule has 1 nitrogen and oxygen atoms in total. The van der Waals surface area contributed by atoms with Crippen molar-refractivity contribution in [2.24, 2.45) is 0 Å². The summed E-state index contributed by atoms with van der Waals surface area (Å²) in [6.45, 7) is 2.03. The Hall–Kier alpha value is -1.57. The number of rotatable bonds is 5. The maximum atomic E-state index is 2.39. The van der Waals surface area contributed by atoms with E-state index in [2.05, 4.69) is 72.6 Å². The van der Waals surface area contributed by atoms with Crippen LogP contribution in [0.15, 0.2) is 54.6 Å². The molecule has 0 saturated carbocycles. The first-order valence-electron chi connectivity index (χ1n) is 8.33. The summed E-state index contributed by atoms with van der Waals surface area (Å²) in [5, 5.41) is 0. The van der Waals surface area contributed by atoms with E-state index in [4.69, 9.17) is 0 Å². The molecule has 0 spiro atoms. The smallest absolute Gasteiger partial charge is 0.0236 e. The quantitative estimate of drug-likeness (QED) is 0.735. The van der Waals surface area contributed by atoms with Crippen molar-refractivity contribution < 1.29 is 0 Å². The SMILES string of the molecule is CN(C/C=C/c1ccccc1)Cc1cccc2c1CCCC2.Cl. The molecule has 0 unspecified atom stereocenters. The standard InChI is InChI=1S/C21H25N.ClH/c1-22(16-8-11-18-9-3-2-4-10-18)17-20-14-7-13-19-12-5-6-15-21(19)20;/h2-4,7-11,13-14H,5-6,12,15-17H2,1H3;1H/b11-8+;. The molecule has 0 aliphatic heterocycles. The Morgan fingerprint density at radius 3 is 2.57 bits per heavy atom. The second kappa shape index (κ2) is 8.90. The van der Waals surface area contributed by atoms with Gasteiger partial charge in [-0.2, -0.15) is 0 Å². The van der Waals surface area contributed by atoms with Crippen molar-refractivity contribution in [2.75, 3.05) is 13.6 Å². The van der Waals surface area contributed by atoms with Gasteiger partial charge in [0.25, 0.3) is 0 Å². The molecule has 1 aliphatic carbocycles. The van der Waals surface area contributed by atoms with Crippen LogP contribution in [0.25, 0.3) is 6.08 Å². The van der Waals surface area contributed by atoms with E-state index in [0.29, 0.717) is 0 Å². The molecule has 2 heteroatoms. The fourth-order valence-electron chi connectivity index (χ4n) is 3.30. The van der Waals surface area contributed by atoms with E-state index in [9.17, 15) is 0 Å². The minimum atomic E-state index is 0. The van der Waals surface area contributed by atoms with E-state index in [1.165, 1.54) is 36.8 Å². The summed E-state index contributed by atoms with van der Waals surface area (Å²) in [6.07, 6.45) is 9.69. The molecule has 2 aromatic carbocycles. The zero-order valence-corrected chi connectivity index (χ0v) is 14.7. The summed E-state index contributed by atoms with van der Waals surface area (Å²) in [5.74, 6) is 0. The second-order valence-corrected chi connectivity index (χ2v) is 6.27. The van der Waals surface area contributed by atoms with E-state index < -0.39 is 0 Å². The van der Waals surface area contributed by atoms with Crippen LogP contribution in [-0.4, -0.2) is 18.5 Å². The first kappa shape index (κ1) is 17.8. The van der Waals surface area contributed by atoms with Gasteiger partial charge in [0.2, 0.25) is 0 Å². The average molecular weight is 328 g/mol. The fraction of sp³-hybridized carbons (Fsp3) is 0.333. The van der Waals surface area contributed by atoms with Gasteiger partial charge in [0.1, 0.15) is 0 Å². The molecule has 1 aliphatic rings. The maximum Gasteiger partial charge on any atom is 0.0236 e. The number of fused-ring (bicyclic) bond motifs is 1. The highest BCUT2D eigenvalue weighted by atomic mass is 35.5. The minimum absolute atomic E-state index is 0. The zero-order chi connectivity index (χ0) is 15.2. The Labute approximate surface area is 146 Å². The van der Waals surface area contributed by atoms with Gasteiger partial charge in [-0.1, -0.05) is 60.7 Å². The Balaban J connectivity index is 0.00000192. The molecule has 0 N–H and O–H groups in total. The van der Waals surface area contributed by atoms with Crippen molar-refractivity contribution in [2.45, 2.75) is 32.2 Å². The number of aryl methyl sites for hydroxylation is 1. The molecule has 122 valence electrons. The van der Waals surface area contributed by atoms with Crippen molar-refractivity contribution in [3.05, 3.63) is 76.9 Å². The number of hydrogen-bond donors (Lipinski definition) is 0. The van der Waals surface area contributed by atoms with Crippen LogP contribution in [0.3, 0.4) is 0 Å². The first-order valence-corrected chi connectivity index (χ1v) is 8.33. The van der Waals surface area contributed by atoms with Crippen molar-refractivity contribution in [1.29, 1.82) is 0 Å². The normalized spacial score (nSPS) is 13.8. The van der Waals surface area contributed by atoms with E-state index in [1.807, 2.05) is 0 Å². The van der Waals surface area contributed by atoms with Crippen LogP contribution >= 0.6 is 12.4 Å². The number of nitrogens with zero attached hydrogens (tertiary/aromatic N) is 1. The lowest BCUT2D eigenvalue weighted by molar-refractivity contribution is 0.362. The highest BCUT2D eigenvalue weighted by Crippen LogP contribution is 2.25. The monoisotopic (exact) mass is 327 g/mol. The third kappa shape index (κ3) is 4.95. The molecule has 0 radical (unpaired) electrons. The number of likely N-dealkylation sites (N-methyl/N-ethyl adjacent to an activating group) is 1. The fourth-order valence-corrected chi connectivity index (χ4v) is 3.30. The van der Waals surface area contributed by atoms with Gasteiger partial charge in [-0.05, 0) is 55.0 Å². The lowest BCUT2D eigenvalue weighted by atomic mass is 9.88. The maximum absolute atomic E-state index is 2.39. The van der Waals surface area contributed by atoms with E-state index in [1.54, 1.807) is 11.1 Å². The number of benzene rings is 2. The molecule has 0 aromatic heterocycles. The van der Waals surface area contributed by atoms with Gasteiger partial charge in [0, 0.05) is 13.1 Å². The Morgan fingerprint density at radius 1 is 0.957 bits per heavy atom. The summed E-state index contributed by atoms with van der Waals surface area (Å²) >= 11 is 0. The molecule has 3 rings (SSSR count). The van der Waals surface area contributed by atoms with Crippen LogP contribution in [0.5, 0.6) is 0 Å². The molecule has 0 bridgehead atoms. The van der Waals surface area contributed by atoms with Crippen LogP contribution in [0, 0.1) is 0 Å². The Kier molecular flexibility index (Phi) is 6.88. The molecule has 0 amide bonds. The molecule has 0 saturated heterocycles. The minimum Gasteiger partial charge on any atom is -0.298 e. The lowest BCUT2D eigenvalue weighted by Crippen LogP contribution is -2.19. The van der Waals surface area contributed by atoms with Gasteiger partial charge in [0.15, 0.2) is 0 Å². The topological polar surface area (TPSA) is 3.24 Å². The molecule has 2 aromatic rings. The zero-order valence-electron chi connectivity index (χ0n) is 13.9. The summed E-state index contributed by atoms with van der Waals surface area (Å²) < 4.78 is 0. The second-order valence-electron chi connectivity index (χ2n) is 6.27. The van der Waals surface area contributed by atoms with Gasteiger partial charge in [-0.15, -0.1) is 12.4 Å². The number of halogens is 1. The molecule has 23 heavy (non-hydrogen) atoms. The van der Waals surface area contributed by atoms with E-state index >= 15 is 0 Å². The van der Waals surface area contributed by atoms with Gasteiger partial charge in [-0.3, -0.25) is 4.90 Å². The summed E-state index contributed by atoms with van der Waals surface area (Å²) in [7, 11) is 2.21. The molecule has 0 atom stereocenters. The van der Waals surface area contributed by atoms with Crippen LogP contribution in [0.4, 0.5) is 0 Å². The highest BCUT2D eigenvalue weighted by Gasteiger charge is 2.13. The first-order chi connectivity index (χ1) is 10.8. The average Bonchev–Trinajstić information content (AvgIpc) is 2.56. The van der Waals surface area contributed by atoms with Crippen LogP contribution in [0.2, 0.25) is 0 Å². The van der Waals surface area contributed by atoms with Gasteiger partial charge >= 0.3 is 0 Å². The molecule has 0 heterocycles. The van der Waals surface area contributed by atoms with Crippen molar-refractivity contribution in [3.8, 4) is 0 Å². The van der Waals surface area contributed by atoms with Gasteiger partial charge < -0.3 is 0 Å². The highest BCUT2D eigenvalue weighted by molar-refractivity contribution is 5.85. The molecular formula is C21H26ClN.